The highest BCUT2D eigenvalue weighted by atomic mass is 32.2. The van der Waals surface area contributed by atoms with Gasteiger partial charge >= 0.3 is 0 Å². The Hall–Kier alpha value is -2.98. The highest BCUT2D eigenvalue weighted by Gasteiger charge is 2.23. The highest BCUT2D eigenvalue weighted by molar-refractivity contribution is 7.89. The van der Waals surface area contributed by atoms with Gasteiger partial charge < -0.3 is 4.98 Å². The number of rotatable bonds is 7. The van der Waals surface area contributed by atoms with Crippen LogP contribution >= 0.6 is 0 Å². The van der Waals surface area contributed by atoms with Crippen LogP contribution in [-0.2, 0) is 10.0 Å². The number of ketones is 1. The van der Waals surface area contributed by atoms with Crippen molar-refractivity contribution >= 4 is 27.6 Å². The average Bonchev–Trinajstić information content (AvgIpc) is 3.01. The molecular formula is C20H26N4O5S. The molecule has 9 nitrogen and oxygen atoms in total. The Bertz CT molecular complexity index is 1080. The van der Waals surface area contributed by atoms with Crippen molar-refractivity contribution in [2.45, 2.75) is 39.5 Å². The second-order valence-electron chi connectivity index (χ2n) is 6.71. The van der Waals surface area contributed by atoms with E-state index >= 15 is 0 Å². The number of benzene rings is 1. The first-order valence-corrected chi connectivity index (χ1v) is 10.9. The lowest BCUT2D eigenvalue weighted by molar-refractivity contribution is 0.0843. The molecule has 3 N–H and O–H groups in total. The number of amides is 2. The molecule has 0 radical (unpaired) electrons. The number of Topliss-reactive ketones (excluding diaryl/α,β-unsaturated/α-hetero) is 1. The Morgan fingerprint density at radius 2 is 1.63 bits per heavy atom. The van der Waals surface area contributed by atoms with Crippen molar-refractivity contribution in [1.29, 1.82) is 0 Å². The summed E-state index contributed by atoms with van der Waals surface area (Å²) in [7, 11) is -3.72. The Kier molecular flexibility index (Phi) is 7.16. The predicted octanol–water partition coefficient (Wildman–Crippen LogP) is 1.94. The molecule has 0 atom stereocenters. The molecule has 162 valence electrons. The minimum absolute atomic E-state index is 0.00730. The summed E-state index contributed by atoms with van der Waals surface area (Å²) in [6.45, 7) is 8.81. The molecule has 0 bridgehead atoms. The first kappa shape index (κ1) is 23.3. The summed E-state index contributed by atoms with van der Waals surface area (Å²) < 4.78 is 26.6. The van der Waals surface area contributed by atoms with E-state index in [1.807, 2.05) is 0 Å². The largest absolute Gasteiger partial charge is 0.354 e. The van der Waals surface area contributed by atoms with Gasteiger partial charge in [-0.1, -0.05) is 19.9 Å². The predicted molar refractivity (Wildman–Crippen MR) is 112 cm³/mol. The maximum Gasteiger partial charge on any atom is 0.286 e. The number of nitrogens with zero attached hydrogens (tertiary/aromatic N) is 1. The summed E-state index contributed by atoms with van der Waals surface area (Å²) >= 11 is 0. The lowest BCUT2D eigenvalue weighted by atomic mass is 10.1. The van der Waals surface area contributed by atoms with Gasteiger partial charge in [0.2, 0.25) is 10.0 Å². The maximum atomic E-state index is 12.6. The first-order valence-electron chi connectivity index (χ1n) is 9.45. The van der Waals surface area contributed by atoms with Crippen molar-refractivity contribution in [3.05, 3.63) is 52.3 Å². The van der Waals surface area contributed by atoms with Crippen molar-refractivity contribution in [3.63, 3.8) is 0 Å². The van der Waals surface area contributed by atoms with E-state index in [1.54, 1.807) is 27.7 Å². The molecule has 0 fully saturated rings. The Morgan fingerprint density at radius 3 is 2.17 bits per heavy atom. The van der Waals surface area contributed by atoms with Crippen molar-refractivity contribution in [2.24, 2.45) is 0 Å². The highest BCUT2D eigenvalue weighted by Crippen LogP contribution is 2.19. The molecule has 2 amide bonds. The number of carbonyl (C=O) groups excluding carboxylic acids is 3. The van der Waals surface area contributed by atoms with Crippen molar-refractivity contribution in [1.82, 2.24) is 20.1 Å². The second kappa shape index (κ2) is 9.23. The van der Waals surface area contributed by atoms with Gasteiger partial charge in [0.25, 0.3) is 11.8 Å². The second-order valence-corrected chi connectivity index (χ2v) is 8.64. The summed E-state index contributed by atoms with van der Waals surface area (Å²) in [5.41, 5.74) is 6.26. The zero-order valence-electron chi connectivity index (χ0n) is 17.6. The van der Waals surface area contributed by atoms with Gasteiger partial charge in [-0.2, -0.15) is 4.31 Å². The van der Waals surface area contributed by atoms with Gasteiger partial charge in [-0.3, -0.25) is 25.2 Å². The minimum atomic E-state index is -3.72. The van der Waals surface area contributed by atoms with E-state index in [0.717, 1.165) is 0 Å². The van der Waals surface area contributed by atoms with Crippen LogP contribution in [0.4, 0.5) is 0 Å². The molecule has 0 saturated heterocycles. The number of hydrazine groups is 1. The SMILES string of the molecule is CCN(CC)S(=O)(=O)c1cccc(C(=O)NNC(=O)c2[nH]c(C)c(C(C)=O)c2C)c1. The van der Waals surface area contributed by atoms with Crippen LogP contribution in [0.1, 0.15) is 63.2 Å². The maximum absolute atomic E-state index is 12.6. The van der Waals surface area contributed by atoms with E-state index in [4.69, 9.17) is 0 Å². The van der Waals surface area contributed by atoms with Crippen LogP contribution in [0.25, 0.3) is 0 Å². The van der Waals surface area contributed by atoms with Crippen LogP contribution in [0.3, 0.4) is 0 Å². The molecule has 1 heterocycles. The molecule has 0 unspecified atom stereocenters. The van der Waals surface area contributed by atoms with Crippen molar-refractivity contribution in [2.75, 3.05) is 13.1 Å². The number of sulfonamides is 1. The van der Waals surface area contributed by atoms with Gasteiger partial charge in [0.15, 0.2) is 5.78 Å². The molecule has 0 aliphatic heterocycles. The molecule has 10 heteroatoms. The fourth-order valence-electron chi connectivity index (χ4n) is 3.26. The van der Waals surface area contributed by atoms with Crippen LogP contribution < -0.4 is 10.9 Å². The number of aromatic nitrogens is 1. The van der Waals surface area contributed by atoms with Crippen LogP contribution in [-0.4, -0.2) is 48.4 Å². The van der Waals surface area contributed by atoms with Gasteiger partial charge in [0, 0.05) is 29.9 Å². The molecule has 0 aliphatic rings. The standard InChI is InChI=1S/C20H26N4O5S/c1-6-24(7-2)30(28,29)16-10-8-9-15(11-16)19(26)22-23-20(27)18-12(3)17(14(5)25)13(4)21-18/h8-11,21H,6-7H2,1-5H3,(H,22,26)(H,23,27). The van der Waals surface area contributed by atoms with Crippen LogP contribution in [0.5, 0.6) is 0 Å². The molecule has 2 aromatic rings. The zero-order chi connectivity index (χ0) is 22.6. The Morgan fingerprint density at radius 1 is 1.03 bits per heavy atom. The first-order chi connectivity index (χ1) is 14.0. The van der Waals surface area contributed by atoms with Crippen molar-refractivity contribution < 1.29 is 22.8 Å². The third kappa shape index (κ3) is 4.60. The number of hydrogen-bond acceptors (Lipinski definition) is 5. The lowest BCUT2D eigenvalue weighted by Gasteiger charge is -2.18. The summed E-state index contributed by atoms with van der Waals surface area (Å²) in [4.78, 5) is 39.4. The average molecular weight is 435 g/mol. The number of aryl methyl sites for hydroxylation is 1. The summed E-state index contributed by atoms with van der Waals surface area (Å²) in [6, 6.07) is 5.58. The summed E-state index contributed by atoms with van der Waals surface area (Å²) in [6.07, 6.45) is 0. The van der Waals surface area contributed by atoms with Crippen LogP contribution in [0, 0.1) is 13.8 Å². The van der Waals surface area contributed by atoms with Crippen molar-refractivity contribution in [3.8, 4) is 0 Å². The molecule has 1 aromatic carbocycles. The molecule has 0 saturated carbocycles. The number of hydrogen-bond donors (Lipinski definition) is 3. The van der Waals surface area contributed by atoms with Gasteiger partial charge in [-0.15, -0.1) is 0 Å². The molecular weight excluding hydrogens is 408 g/mol. The van der Waals surface area contributed by atoms with E-state index in [0.29, 0.717) is 29.9 Å². The molecule has 2 rings (SSSR count). The van der Waals surface area contributed by atoms with Gasteiger partial charge in [0.05, 0.1) is 4.90 Å². The Balaban J connectivity index is 2.17. The van der Waals surface area contributed by atoms with Crippen LogP contribution in [0.2, 0.25) is 0 Å². The Labute approximate surface area is 175 Å². The molecule has 30 heavy (non-hydrogen) atoms. The van der Waals surface area contributed by atoms with Gasteiger partial charge in [0.1, 0.15) is 5.69 Å². The summed E-state index contributed by atoms with van der Waals surface area (Å²) in [5.74, 6) is -1.47. The van der Waals surface area contributed by atoms with Gasteiger partial charge in [-0.25, -0.2) is 8.42 Å². The van der Waals surface area contributed by atoms with E-state index in [-0.39, 0.29) is 21.9 Å². The number of H-pyrrole nitrogens is 1. The third-order valence-corrected chi connectivity index (χ3v) is 6.79. The molecule has 1 aromatic heterocycles. The van der Waals surface area contributed by atoms with E-state index in [2.05, 4.69) is 15.8 Å². The fraction of sp³-hybridized carbons (Fsp3) is 0.350. The number of carbonyl (C=O) groups is 3. The summed E-state index contributed by atoms with van der Waals surface area (Å²) in [5, 5.41) is 0. The molecule has 0 spiro atoms. The minimum Gasteiger partial charge on any atom is -0.354 e. The smallest absolute Gasteiger partial charge is 0.286 e. The third-order valence-electron chi connectivity index (χ3n) is 4.75. The quantitative estimate of drug-likeness (QED) is 0.453. The van der Waals surface area contributed by atoms with E-state index in [9.17, 15) is 22.8 Å². The topological polar surface area (TPSA) is 128 Å². The fourth-order valence-corrected chi connectivity index (χ4v) is 4.77. The van der Waals surface area contributed by atoms with Gasteiger partial charge in [-0.05, 0) is 44.5 Å². The van der Waals surface area contributed by atoms with E-state index in [1.165, 1.54) is 35.5 Å². The molecule has 0 aliphatic carbocycles. The van der Waals surface area contributed by atoms with E-state index < -0.39 is 21.8 Å². The normalized spacial score (nSPS) is 11.4. The number of nitrogens with one attached hydrogen (secondary N) is 3. The number of aromatic amines is 1. The zero-order valence-corrected chi connectivity index (χ0v) is 18.4. The lowest BCUT2D eigenvalue weighted by Crippen LogP contribution is -2.42. The van der Waals surface area contributed by atoms with Crippen LogP contribution in [0.15, 0.2) is 29.2 Å². The monoisotopic (exact) mass is 434 g/mol.